The Bertz CT molecular complexity index is 1490. The number of amides is 1. The van der Waals surface area contributed by atoms with Crippen LogP contribution in [0, 0.1) is 6.92 Å². The molecule has 0 N–H and O–H groups in total. The minimum absolute atomic E-state index is 0.0376. The summed E-state index contributed by atoms with van der Waals surface area (Å²) in [5.41, 5.74) is 2.63. The molecule has 7 heteroatoms. The molecule has 1 heterocycles. The maximum Gasteiger partial charge on any atom is 0.264 e. The van der Waals surface area contributed by atoms with Gasteiger partial charge in [-0.25, -0.2) is 8.42 Å². The zero-order valence-corrected chi connectivity index (χ0v) is 20.8. The quantitative estimate of drug-likeness (QED) is 0.332. The third-order valence-corrected chi connectivity index (χ3v) is 8.59. The number of halogens is 1. The smallest absolute Gasteiger partial charge is 0.264 e. The van der Waals surface area contributed by atoms with E-state index in [4.69, 9.17) is 11.6 Å². The van der Waals surface area contributed by atoms with Crippen LogP contribution < -0.4 is 4.31 Å². The minimum atomic E-state index is -4.00. The van der Waals surface area contributed by atoms with Gasteiger partial charge in [0.25, 0.3) is 15.9 Å². The lowest BCUT2D eigenvalue weighted by molar-refractivity contribution is 0.0744. The number of fused-ring (bicyclic) bond motifs is 2. The molecule has 5 rings (SSSR count). The number of carbonyl (C=O) groups is 1. The van der Waals surface area contributed by atoms with E-state index in [2.05, 4.69) is 0 Å². The third-order valence-electron chi connectivity index (χ3n) is 6.35. The molecule has 0 aromatic heterocycles. The van der Waals surface area contributed by atoms with Gasteiger partial charge in [0.15, 0.2) is 0 Å². The fourth-order valence-corrected chi connectivity index (χ4v) is 6.53. The third kappa shape index (κ3) is 4.40. The Morgan fingerprint density at radius 1 is 0.886 bits per heavy atom. The Hall–Kier alpha value is -3.35. The normalized spacial score (nSPS) is 16.3. The van der Waals surface area contributed by atoms with Crippen molar-refractivity contribution < 1.29 is 13.2 Å². The van der Waals surface area contributed by atoms with Crippen molar-refractivity contribution in [3.8, 4) is 0 Å². The van der Waals surface area contributed by atoms with E-state index >= 15 is 0 Å². The van der Waals surface area contributed by atoms with Gasteiger partial charge in [-0.3, -0.25) is 9.10 Å². The summed E-state index contributed by atoms with van der Waals surface area (Å²) in [5.74, 6) is -0.179. The number of anilines is 1. The molecule has 0 spiro atoms. The molecule has 178 valence electrons. The van der Waals surface area contributed by atoms with Gasteiger partial charge < -0.3 is 4.90 Å². The first-order chi connectivity index (χ1) is 16.9. The van der Waals surface area contributed by atoms with Crippen LogP contribution in [0.2, 0.25) is 0 Å². The number of benzene rings is 4. The fourth-order valence-electron chi connectivity index (χ4n) is 4.56. The highest BCUT2D eigenvalue weighted by Crippen LogP contribution is 2.37. The number of alkyl halides is 1. The van der Waals surface area contributed by atoms with Crippen molar-refractivity contribution >= 4 is 44.0 Å². The Morgan fingerprint density at radius 3 is 2.17 bits per heavy atom. The summed E-state index contributed by atoms with van der Waals surface area (Å²) in [6.07, 6.45) is 0. The van der Waals surface area contributed by atoms with Crippen LogP contribution in [0.3, 0.4) is 0 Å². The van der Waals surface area contributed by atoms with Gasteiger partial charge >= 0.3 is 0 Å². The van der Waals surface area contributed by atoms with Crippen LogP contribution in [0.4, 0.5) is 5.69 Å². The van der Waals surface area contributed by atoms with Gasteiger partial charge in [0.2, 0.25) is 0 Å². The molecular weight excluding hydrogens is 480 g/mol. The lowest BCUT2D eigenvalue weighted by Crippen LogP contribution is -2.46. The number of sulfonamides is 1. The molecule has 5 nitrogen and oxygen atoms in total. The van der Waals surface area contributed by atoms with Gasteiger partial charge in [0.1, 0.15) is 0 Å². The van der Waals surface area contributed by atoms with Gasteiger partial charge in [-0.05, 0) is 47.5 Å². The number of nitrogens with zero attached hydrogens (tertiary/aromatic N) is 2. The molecule has 4 aromatic rings. The number of hydrogen-bond donors (Lipinski definition) is 0. The first-order valence-electron chi connectivity index (χ1n) is 11.4. The van der Waals surface area contributed by atoms with Crippen LogP contribution in [-0.2, 0) is 16.6 Å². The average Bonchev–Trinajstić information content (AvgIpc) is 2.98. The van der Waals surface area contributed by atoms with E-state index in [9.17, 15) is 13.2 Å². The summed E-state index contributed by atoms with van der Waals surface area (Å²) in [4.78, 5) is 15.7. The summed E-state index contributed by atoms with van der Waals surface area (Å²) in [5, 5.41) is 1.73. The highest BCUT2D eigenvalue weighted by molar-refractivity contribution is 7.92. The first-order valence-corrected chi connectivity index (χ1v) is 13.4. The van der Waals surface area contributed by atoms with Crippen LogP contribution in [0.1, 0.15) is 21.5 Å². The highest BCUT2D eigenvalue weighted by Gasteiger charge is 2.39. The van der Waals surface area contributed by atoms with Crippen molar-refractivity contribution in [3.05, 3.63) is 108 Å². The van der Waals surface area contributed by atoms with E-state index in [0.29, 0.717) is 17.8 Å². The molecule has 1 aliphatic heterocycles. The van der Waals surface area contributed by atoms with Crippen LogP contribution in [-0.4, -0.2) is 37.7 Å². The molecule has 0 saturated heterocycles. The lowest BCUT2D eigenvalue weighted by atomic mass is 10.0. The number of hydrogen-bond acceptors (Lipinski definition) is 3. The predicted octanol–water partition coefficient (Wildman–Crippen LogP) is 5.61. The van der Waals surface area contributed by atoms with Crippen molar-refractivity contribution in [2.45, 2.75) is 24.4 Å². The second-order valence-electron chi connectivity index (χ2n) is 8.81. The van der Waals surface area contributed by atoms with Crippen molar-refractivity contribution in [2.75, 3.05) is 16.7 Å². The van der Waals surface area contributed by atoms with Gasteiger partial charge in [-0.1, -0.05) is 72.3 Å². The monoisotopic (exact) mass is 504 g/mol. The fraction of sp³-hybridized carbons (Fsp3) is 0.179. The summed E-state index contributed by atoms with van der Waals surface area (Å²) in [6.45, 7) is 2.44. The zero-order chi connectivity index (χ0) is 24.6. The maximum absolute atomic E-state index is 14.0. The van der Waals surface area contributed by atoms with Gasteiger partial charge in [0.05, 0.1) is 22.2 Å². The lowest BCUT2D eigenvalue weighted by Gasteiger charge is -2.32. The van der Waals surface area contributed by atoms with Gasteiger partial charge in [0, 0.05) is 19.0 Å². The second-order valence-corrected chi connectivity index (χ2v) is 10.9. The van der Waals surface area contributed by atoms with Crippen LogP contribution >= 0.6 is 11.6 Å². The van der Waals surface area contributed by atoms with E-state index in [1.54, 1.807) is 41.3 Å². The Balaban J connectivity index is 1.71. The predicted molar refractivity (Wildman–Crippen MR) is 140 cm³/mol. The molecule has 0 saturated carbocycles. The Labute approximate surface area is 210 Å². The topological polar surface area (TPSA) is 57.7 Å². The average molecular weight is 505 g/mol. The van der Waals surface area contributed by atoms with Crippen molar-refractivity contribution in [1.29, 1.82) is 0 Å². The van der Waals surface area contributed by atoms with Crippen LogP contribution in [0.5, 0.6) is 0 Å². The van der Waals surface area contributed by atoms with Crippen LogP contribution in [0.25, 0.3) is 10.8 Å². The van der Waals surface area contributed by atoms with Crippen molar-refractivity contribution in [2.24, 2.45) is 0 Å². The Kier molecular flexibility index (Phi) is 6.26. The first kappa shape index (κ1) is 23.4. The van der Waals surface area contributed by atoms with Crippen LogP contribution in [0.15, 0.2) is 95.9 Å². The zero-order valence-electron chi connectivity index (χ0n) is 19.3. The molecule has 1 amide bonds. The second kappa shape index (κ2) is 9.36. The molecule has 0 fully saturated rings. The molecule has 35 heavy (non-hydrogen) atoms. The molecule has 0 aliphatic carbocycles. The summed E-state index contributed by atoms with van der Waals surface area (Å²) < 4.78 is 29.4. The maximum atomic E-state index is 14.0. The molecule has 0 unspecified atom stereocenters. The SMILES string of the molecule is Cc1ccc(S(=O)(=O)N2c3cc4ccccc4cc3C(=O)N(Cc3ccccc3)C[C@@H]2CCl)cc1. The minimum Gasteiger partial charge on any atom is -0.332 e. The van der Waals surface area contributed by atoms with Crippen molar-refractivity contribution in [1.82, 2.24) is 4.90 Å². The molecule has 1 atom stereocenters. The molecule has 0 bridgehead atoms. The number of aryl methyl sites for hydroxylation is 1. The molecule has 1 aliphatic rings. The highest BCUT2D eigenvalue weighted by atomic mass is 35.5. The van der Waals surface area contributed by atoms with Crippen molar-refractivity contribution in [3.63, 3.8) is 0 Å². The Morgan fingerprint density at radius 2 is 1.51 bits per heavy atom. The van der Waals surface area contributed by atoms with E-state index in [1.165, 1.54) is 4.31 Å². The molecular formula is C28H25ClN2O3S. The van der Waals surface area contributed by atoms with E-state index < -0.39 is 16.1 Å². The molecule has 0 radical (unpaired) electrons. The van der Waals surface area contributed by atoms with E-state index in [1.807, 2.05) is 61.5 Å². The standard InChI is InChI=1S/C28H25ClN2O3S/c1-20-11-13-25(14-12-20)35(33,34)31-24(17-29)19-30(18-21-7-3-2-4-8-21)28(32)26-15-22-9-5-6-10-23(22)16-27(26)31/h2-16,24H,17-19H2,1H3/t24-/m0/s1. The summed E-state index contributed by atoms with van der Waals surface area (Å²) >= 11 is 6.42. The number of rotatable bonds is 5. The van der Waals surface area contributed by atoms with E-state index in [-0.39, 0.29) is 23.2 Å². The van der Waals surface area contributed by atoms with E-state index in [0.717, 1.165) is 21.9 Å². The van der Waals surface area contributed by atoms with Gasteiger partial charge in [-0.15, -0.1) is 11.6 Å². The summed E-state index contributed by atoms with van der Waals surface area (Å²) in [7, 11) is -4.00. The molecule has 4 aromatic carbocycles. The largest absolute Gasteiger partial charge is 0.332 e. The summed E-state index contributed by atoms with van der Waals surface area (Å²) in [6, 6.07) is 27.0. The number of carbonyl (C=O) groups excluding carboxylic acids is 1. The van der Waals surface area contributed by atoms with Gasteiger partial charge in [-0.2, -0.15) is 0 Å².